The maximum atomic E-state index is 13.1. The molecule has 1 unspecified atom stereocenters. The van der Waals surface area contributed by atoms with E-state index in [2.05, 4.69) is 21.3 Å². The Morgan fingerprint density at radius 1 is 0.974 bits per heavy atom. The zero-order valence-electron chi connectivity index (χ0n) is 19.4. The average Bonchev–Trinajstić information content (AvgIpc) is 2.83. The van der Waals surface area contributed by atoms with E-state index < -0.39 is 36.1 Å². The van der Waals surface area contributed by atoms with Gasteiger partial charge in [0.25, 0.3) is 15.7 Å². The monoisotopic (exact) mass is 626 g/mol. The van der Waals surface area contributed by atoms with Gasteiger partial charge in [-0.25, -0.2) is 8.42 Å². The second-order valence-electron chi connectivity index (χ2n) is 7.76. The number of rotatable bonds is 7. The molecule has 0 aromatic heterocycles. The van der Waals surface area contributed by atoms with E-state index in [0.717, 1.165) is 23.6 Å². The number of fused-ring (bicyclic) bond motifs is 1. The fourth-order valence-corrected chi connectivity index (χ4v) is 4.74. The van der Waals surface area contributed by atoms with Gasteiger partial charge in [0, 0.05) is 12.1 Å². The van der Waals surface area contributed by atoms with Crippen molar-refractivity contribution in [3.05, 3.63) is 66.2 Å². The van der Waals surface area contributed by atoms with Crippen LogP contribution >= 0.6 is 47.0 Å². The minimum absolute atomic E-state index is 0.0990. The third-order valence-electron chi connectivity index (χ3n) is 5.13. The summed E-state index contributed by atoms with van der Waals surface area (Å²) in [6.07, 6.45) is -1.40. The van der Waals surface area contributed by atoms with E-state index in [-0.39, 0.29) is 16.5 Å². The Balaban J connectivity index is 1.86. The maximum absolute atomic E-state index is 13.1. The summed E-state index contributed by atoms with van der Waals surface area (Å²) >= 11 is 23.4. The van der Waals surface area contributed by atoms with Crippen molar-refractivity contribution in [1.82, 2.24) is 10.6 Å². The zero-order valence-corrected chi connectivity index (χ0v) is 23.3. The van der Waals surface area contributed by atoms with Crippen LogP contribution in [0.25, 0.3) is 10.8 Å². The van der Waals surface area contributed by atoms with Crippen molar-refractivity contribution < 1.29 is 26.4 Å². The third kappa shape index (κ3) is 6.92. The van der Waals surface area contributed by atoms with Crippen LogP contribution in [0.1, 0.15) is 17.3 Å². The van der Waals surface area contributed by atoms with Gasteiger partial charge in [0.05, 0.1) is 16.3 Å². The third-order valence-corrected chi connectivity index (χ3v) is 7.49. The number of carbonyl (C=O) groups is 1. The molecule has 38 heavy (non-hydrogen) atoms. The number of benzene rings is 3. The van der Waals surface area contributed by atoms with E-state index in [1.807, 2.05) is 18.2 Å². The Morgan fingerprint density at radius 2 is 1.63 bits per heavy atom. The summed E-state index contributed by atoms with van der Waals surface area (Å²) < 4.78 is 60.9. The molecule has 0 aliphatic carbocycles. The topological polar surface area (TPSA) is 99.3 Å². The highest BCUT2D eigenvalue weighted by atomic mass is 35.6. The Bertz CT molecular complexity index is 1460. The first-order valence-corrected chi connectivity index (χ1v) is 13.8. The molecule has 1 atom stereocenters. The Hall–Kier alpha value is -2.51. The normalized spacial score (nSPS) is 13.0. The molecule has 0 fully saturated rings. The molecule has 3 aromatic carbocycles. The number of nitrogens with one attached hydrogen (secondary N) is 4. The first-order chi connectivity index (χ1) is 17.6. The lowest BCUT2D eigenvalue weighted by Gasteiger charge is -2.28. The molecule has 0 aliphatic rings. The first-order valence-electron chi connectivity index (χ1n) is 10.8. The van der Waals surface area contributed by atoms with E-state index in [4.69, 9.17) is 47.0 Å². The second-order valence-corrected chi connectivity index (χ2v) is 12.5. The smallest absolute Gasteiger partial charge is 0.384 e. The molecule has 0 radical (unpaired) electrons. The highest BCUT2D eigenvalue weighted by molar-refractivity contribution is 7.92. The van der Waals surface area contributed by atoms with Gasteiger partial charge in [-0.15, -0.1) is 0 Å². The van der Waals surface area contributed by atoms with Crippen LogP contribution in [0.15, 0.2) is 65.6 Å². The van der Waals surface area contributed by atoms with E-state index in [0.29, 0.717) is 17.5 Å². The van der Waals surface area contributed by atoms with Crippen molar-refractivity contribution in [2.45, 2.75) is 27.3 Å². The number of halogens is 6. The number of sulfone groups is 1. The summed E-state index contributed by atoms with van der Waals surface area (Å²) in [5, 5.41) is 11.8. The van der Waals surface area contributed by atoms with Gasteiger partial charge < -0.3 is 21.3 Å². The van der Waals surface area contributed by atoms with Gasteiger partial charge in [0.15, 0.2) is 5.11 Å². The van der Waals surface area contributed by atoms with Crippen molar-refractivity contribution in [2.75, 3.05) is 17.2 Å². The minimum Gasteiger partial charge on any atom is -0.384 e. The highest BCUT2D eigenvalue weighted by Crippen LogP contribution is 2.34. The number of thiocarbonyl (C=S) groups is 1. The van der Waals surface area contributed by atoms with E-state index in [1.54, 1.807) is 31.2 Å². The molecular formula is C23H20Cl3F3N4O3S2. The van der Waals surface area contributed by atoms with Crippen molar-refractivity contribution in [3.63, 3.8) is 0 Å². The predicted molar refractivity (Wildman–Crippen MR) is 149 cm³/mol. The van der Waals surface area contributed by atoms with Crippen molar-refractivity contribution in [2.24, 2.45) is 0 Å². The van der Waals surface area contributed by atoms with E-state index >= 15 is 0 Å². The van der Waals surface area contributed by atoms with Crippen LogP contribution in [-0.2, 0) is 9.84 Å². The Morgan fingerprint density at radius 3 is 2.26 bits per heavy atom. The second kappa shape index (κ2) is 11.7. The summed E-state index contributed by atoms with van der Waals surface area (Å²) in [4.78, 5) is 12.1. The number of amides is 1. The number of hydrogen-bond donors (Lipinski definition) is 4. The molecule has 1 amide bonds. The molecule has 204 valence electrons. The van der Waals surface area contributed by atoms with Crippen LogP contribution in [-0.4, -0.2) is 41.4 Å². The zero-order chi connectivity index (χ0) is 28.3. The van der Waals surface area contributed by atoms with Gasteiger partial charge in [-0.3, -0.25) is 4.79 Å². The summed E-state index contributed by atoms with van der Waals surface area (Å²) in [6.45, 7) is 2.08. The summed E-state index contributed by atoms with van der Waals surface area (Å²) in [5.74, 6) is -0.597. The fraction of sp³-hybridized carbons (Fsp3) is 0.217. The number of hydrogen-bond acceptors (Lipinski definition) is 5. The lowest BCUT2D eigenvalue weighted by Crippen LogP contribution is -2.56. The lowest BCUT2D eigenvalue weighted by atomic mass is 10.0. The molecule has 3 aromatic rings. The average molecular weight is 628 g/mol. The van der Waals surface area contributed by atoms with E-state index in [1.165, 1.54) is 0 Å². The van der Waals surface area contributed by atoms with Crippen molar-refractivity contribution >= 4 is 90.0 Å². The van der Waals surface area contributed by atoms with Gasteiger partial charge in [0.1, 0.15) is 6.17 Å². The van der Waals surface area contributed by atoms with Gasteiger partial charge in [-0.2, -0.15) is 13.2 Å². The summed E-state index contributed by atoms with van der Waals surface area (Å²) in [5.41, 5.74) is -5.06. The summed E-state index contributed by atoms with van der Waals surface area (Å²) in [7, 11) is -5.63. The highest BCUT2D eigenvalue weighted by Gasteiger charge is 2.47. The van der Waals surface area contributed by atoms with Crippen LogP contribution < -0.4 is 21.3 Å². The molecule has 0 heterocycles. The predicted octanol–water partition coefficient (Wildman–Crippen LogP) is 5.98. The van der Waals surface area contributed by atoms with Crippen LogP contribution in [0.3, 0.4) is 0 Å². The quantitative estimate of drug-likeness (QED) is 0.145. The molecule has 15 heteroatoms. The van der Waals surface area contributed by atoms with Gasteiger partial charge in [0.2, 0.25) is 3.79 Å². The molecule has 0 bridgehead atoms. The Labute approximate surface area is 236 Å². The van der Waals surface area contributed by atoms with Gasteiger partial charge in [-0.1, -0.05) is 71.2 Å². The van der Waals surface area contributed by atoms with Crippen LogP contribution in [0.5, 0.6) is 0 Å². The van der Waals surface area contributed by atoms with Crippen LogP contribution in [0.4, 0.5) is 24.5 Å². The summed E-state index contributed by atoms with van der Waals surface area (Å²) in [6, 6.07) is 15.0. The molecule has 0 saturated carbocycles. The first kappa shape index (κ1) is 30.0. The van der Waals surface area contributed by atoms with Crippen molar-refractivity contribution in [1.29, 1.82) is 0 Å². The standard InChI is InChI=1S/C23H20Cl3F3N4O3S2/c1-2-30-17-11-10-14(38(35,36)23(27,28)29)12-18(17)31-21(37)33-20(22(24,25)26)32-19(34)16-9-5-7-13-6-3-4-8-15(13)16/h3-12,20,30H,2H2,1H3,(H,32,34)(H2,31,33,37). The largest absolute Gasteiger partial charge is 0.501 e. The lowest BCUT2D eigenvalue weighted by molar-refractivity contribution is -0.0436. The molecule has 0 saturated heterocycles. The molecule has 7 nitrogen and oxygen atoms in total. The molecule has 0 spiro atoms. The maximum Gasteiger partial charge on any atom is 0.501 e. The number of alkyl halides is 6. The molecular weight excluding hydrogens is 608 g/mol. The van der Waals surface area contributed by atoms with Crippen molar-refractivity contribution in [3.8, 4) is 0 Å². The SMILES string of the molecule is CCNc1ccc(S(=O)(=O)C(F)(F)F)cc1NC(=S)NC(NC(=O)c1cccc2ccccc12)C(Cl)(Cl)Cl. The molecule has 4 N–H and O–H groups in total. The van der Waals surface area contributed by atoms with Gasteiger partial charge in [-0.05, 0) is 54.2 Å². The van der Waals surface area contributed by atoms with Gasteiger partial charge >= 0.3 is 5.51 Å². The fourth-order valence-electron chi connectivity index (χ4n) is 3.39. The number of carbonyl (C=O) groups excluding carboxylic acids is 1. The van der Waals surface area contributed by atoms with Crippen LogP contribution in [0.2, 0.25) is 0 Å². The molecule has 3 rings (SSSR count). The minimum atomic E-state index is -5.63. The number of anilines is 2. The molecule has 0 aliphatic heterocycles. The Kier molecular flexibility index (Phi) is 9.25. The van der Waals surface area contributed by atoms with E-state index in [9.17, 15) is 26.4 Å². The van der Waals surface area contributed by atoms with Crippen LogP contribution in [0, 0.1) is 0 Å².